The van der Waals surface area contributed by atoms with Gasteiger partial charge in [-0.05, 0) is 38.9 Å². The first kappa shape index (κ1) is 24.2. The van der Waals surface area contributed by atoms with Gasteiger partial charge in [0, 0.05) is 44.5 Å². The number of hydrogen-bond donors (Lipinski definition) is 1. The summed E-state index contributed by atoms with van der Waals surface area (Å²) in [7, 11) is 0. The predicted octanol–water partition coefficient (Wildman–Crippen LogP) is 3.97. The summed E-state index contributed by atoms with van der Waals surface area (Å²) < 4.78 is 1.88. The van der Waals surface area contributed by atoms with Crippen LogP contribution in [-0.2, 0) is 6.54 Å². The molecule has 6 heteroatoms. The fraction of sp³-hybridized carbons (Fsp3) is 0.429. The maximum atomic E-state index is 13.2. The molecule has 1 fully saturated rings. The average molecular weight is 460 g/mol. The van der Waals surface area contributed by atoms with Crippen molar-refractivity contribution < 1.29 is 4.79 Å². The van der Waals surface area contributed by atoms with E-state index in [1.807, 2.05) is 23.0 Å². The van der Waals surface area contributed by atoms with Crippen molar-refractivity contribution in [2.45, 2.75) is 33.7 Å². The van der Waals surface area contributed by atoms with Crippen molar-refractivity contribution in [3.8, 4) is 11.3 Å². The monoisotopic (exact) mass is 459 g/mol. The number of likely N-dealkylation sites (N-methyl/N-ethyl adjacent to an activating group) is 1. The van der Waals surface area contributed by atoms with Gasteiger partial charge >= 0.3 is 0 Å². The number of carbonyl (C=O) groups is 1. The third kappa shape index (κ3) is 6.33. The number of nitrogens with one attached hydrogen (secondary N) is 1. The SMILES string of the molecule is CCN1CCN(CCCNC(=O)c2cn(Cc3ccc(C)cc3)nc2-c2ccc(C)cc2)CC1. The molecule has 1 aliphatic heterocycles. The summed E-state index contributed by atoms with van der Waals surface area (Å²) in [4.78, 5) is 18.1. The highest BCUT2D eigenvalue weighted by Gasteiger charge is 2.19. The lowest BCUT2D eigenvalue weighted by Gasteiger charge is -2.33. The molecule has 0 bridgehead atoms. The van der Waals surface area contributed by atoms with Crippen molar-refractivity contribution in [3.05, 3.63) is 77.0 Å². The van der Waals surface area contributed by atoms with Gasteiger partial charge in [0.1, 0.15) is 5.69 Å². The molecule has 0 radical (unpaired) electrons. The zero-order valence-electron chi connectivity index (χ0n) is 20.8. The van der Waals surface area contributed by atoms with E-state index in [0.29, 0.717) is 18.7 Å². The molecule has 6 nitrogen and oxygen atoms in total. The number of hydrogen-bond acceptors (Lipinski definition) is 4. The summed E-state index contributed by atoms with van der Waals surface area (Å²) in [5.41, 5.74) is 5.92. The normalized spacial score (nSPS) is 14.9. The maximum Gasteiger partial charge on any atom is 0.255 e. The van der Waals surface area contributed by atoms with Crippen molar-refractivity contribution in [1.82, 2.24) is 24.9 Å². The highest BCUT2D eigenvalue weighted by molar-refractivity contribution is 5.99. The molecule has 180 valence electrons. The second kappa shape index (κ2) is 11.4. The number of piperazine rings is 1. The van der Waals surface area contributed by atoms with E-state index < -0.39 is 0 Å². The summed E-state index contributed by atoms with van der Waals surface area (Å²) in [6, 6.07) is 16.7. The van der Waals surface area contributed by atoms with Gasteiger partial charge in [-0.2, -0.15) is 5.10 Å². The van der Waals surface area contributed by atoms with Crippen LogP contribution in [0.25, 0.3) is 11.3 Å². The molecule has 1 N–H and O–H groups in total. The maximum absolute atomic E-state index is 13.2. The largest absolute Gasteiger partial charge is 0.352 e. The van der Waals surface area contributed by atoms with Crippen LogP contribution in [0.3, 0.4) is 0 Å². The third-order valence-electron chi connectivity index (χ3n) is 6.65. The highest BCUT2D eigenvalue weighted by Crippen LogP contribution is 2.23. The number of aromatic nitrogens is 2. The molecule has 2 aromatic carbocycles. The first-order chi connectivity index (χ1) is 16.5. The Labute approximate surface area is 203 Å². The number of rotatable bonds is 9. The summed E-state index contributed by atoms with van der Waals surface area (Å²) in [5, 5.41) is 7.94. The Morgan fingerprint density at radius 2 is 1.53 bits per heavy atom. The molecular formula is C28H37N5O. The summed E-state index contributed by atoms with van der Waals surface area (Å²) in [6.07, 6.45) is 2.84. The van der Waals surface area contributed by atoms with Crippen LogP contribution >= 0.6 is 0 Å². The summed E-state index contributed by atoms with van der Waals surface area (Å²) >= 11 is 0. The fourth-order valence-corrected chi connectivity index (χ4v) is 4.40. The van der Waals surface area contributed by atoms with Gasteiger partial charge in [-0.3, -0.25) is 9.48 Å². The molecule has 0 atom stereocenters. The van der Waals surface area contributed by atoms with Gasteiger partial charge in [0.05, 0.1) is 12.1 Å². The quantitative estimate of drug-likeness (QED) is 0.492. The first-order valence-corrected chi connectivity index (χ1v) is 12.4. The summed E-state index contributed by atoms with van der Waals surface area (Å²) in [6.45, 7) is 14.3. The van der Waals surface area contributed by atoms with Crippen molar-refractivity contribution in [1.29, 1.82) is 0 Å². The topological polar surface area (TPSA) is 53.4 Å². The molecule has 1 aliphatic rings. The van der Waals surface area contributed by atoms with E-state index in [2.05, 4.69) is 72.3 Å². The molecule has 34 heavy (non-hydrogen) atoms. The lowest BCUT2D eigenvalue weighted by molar-refractivity contribution is 0.0948. The molecule has 0 saturated carbocycles. The van der Waals surface area contributed by atoms with Gasteiger partial charge < -0.3 is 15.1 Å². The minimum Gasteiger partial charge on any atom is -0.352 e. The highest BCUT2D eigenvalue weighted by atomic mass is 16.1. The van der Waals surface area contributed by atoms with Crippen LogP contribution in [0.5, 0.6) is 0 Å². The predicted molar refractivity (Wildman–Crippen MR) is 138 cm³/mol. The Bertz CT molecular complexity index is 1060. The molecule has 0 unspecified atom stereocenters. The second-order valence-corrected chi connectivity index (χ2v) is 9.33. The van der Waals surface area contributed by atoms with Gasteiger partial charge in [-0.1, -0.05) is 66.6 Å². The fourth-order valence-electron chi connectivity index (χ4n) is 4.40. The van der Waals surface area contributed by atoms with Crippen molar-refractivity contribution in [3.63, 3.8) is 0 Å². The Morgan fingerprint density at radius 3 is 2.18 bits per heavy atom. The lowest BCUT2D eigenvalue weighted by Crippen LogP contribution is -2.46. The minimum atomic E-state index is -0.0541. The molecule has 2 heterocycles. The number of nitrogens with zero attached hydrogens (tertiary/aromatic N) is 4. The van der Waals surface area contributed by atoms with Gasteiger partial charge in [0.15, 0.2) is 0 Å². The van der Waals surface area contributed by atoms with Gasteiger partial charge in [0.25, 0.3) is 5.91 Å². The molecule has 0 aliphatic carbocycles. The van der Waals surface area contributed by atoms with Crippen LogP contribution in [0.1, 0.15) is 40.4 Å². The molecule has 1 amide bonds. The number of benzene rings is 2. The Kier molecular flexibility index (Phi) is 8.14. The first-order valence-electron chi connectivity index (χ1n) is 12.4. The Balaban J connectivity index is 1.41. The van der Waals surface area contributed by atoms with E-state index in [-0.39, 0.29) is 5.91 Å². The minimum absolute atomic E-state index is 0.0541. The second-order valence-electron chi connectivity index (χ2n) is 9.33. The van der Waals surface area contributed by atoms with Crippen LogP contribution < -0.4 is 5.32 Å². The zero-order chi connectivity index (χ0) is 23.9. The Morgan fingerprint density at radius 1 is 0.912 bits per heavy atom. The van der Waals surface area contributed by atoms with E-state index in [0.717, 1.165) is 56.9 Å². The third-order valence-corrected chi connectivity index (χ3v) is 6.65. The van der Waals surface area contributed by atoms with E-state index in [9.17, 15) is 4.79 Å². The lowest BCUT2D eigenvalue weighted by atomic mass is 10.1. The van der Waals surface area contributed by atoms with Crippen LogP contribution in [-0.4, -0.2) is 71.3 Å². The smallest absolute Gasteiger partial charge is 0.255 e. The van der Waals surface area contributed by atoms with Crippen molar-refractivity contribution >= 4 is 5.91 Å². The molecule has 3 aromatic rings. The van der Waals surface area contributed by atoms with E-state index in [4.69, 9.17) is 5.10 Å². The van der Waals surface area contributed by atoms with E-state index in [1.165, 1.54) is 16.7 Å². The van der Waals surface area contributed by atoms with Crippen molar-refractivity contribution in [2.75, 3.05) is 45.8 Å². The summed E-state index contributed by atoms with van der Waals surface area (Å²) in [5.74, 6) is -0.0541. The van der Waals surface area contributed by atoms with E-state index in [1.54, 1.807) is 0 Å². The number of amides is 1. The number of aryl methyl sites for hydroxylation is 2. The molecule has 4 rings (SSSR count). The molecule has 0 spiro atoms. The Hall–Kier alpha value is -2.96. The van der Waals surface area contributed by atoms with Gasteiger partial charge in [-0.15, -0.1) is 0 Å². The van der Waals surface area contributed by atoms with Gasteiger partial charge in [-0.25, -0.2) is 0 Å². The average Bonchev–Trinajstić information content (AvgIpc) is 3.28. The van der Waals surface area contributed by atoms with Crippen molar-refractivity contribution in [2.24, 2.45) is 0 Å². The molecule has 1 aromatic heterocycles. The molecular weight excluding hydrogens is 422 g/mol. The zero-order valence-corrected chi connectivity index (χ0v) is 20.8. The van der Waals surface area contributed by atoms with Crippen LogP contribution in [0.2, 0.25) is 0 Å². The van der Waals surface area contributed by atoms with E-state index >= 15 is 0 Å². The molecule has 1 saturated heterocycles. The standard InChI is InChI=1S/C28H37N5O/c1-4-31-16-18-32(19-17-31)15-5-14-29-28(34)26-21-33(20-24-10-6-22(2)7-11-24)30-27(26)25-12-8-23(3)9-13-25/h6-13,21H,4-5,14-20H2,1-3H3,(H,29,34). The van der Waals surface area contributed by atoms with Crippen LogP contribution in [0.15, 0.2) is 54.7 Å². The van der Waals surface area contributed by atoms with Crippen LogP contribution in [0, 0.1) is 13.8 Å². The van der Waals surface area contributed by atoms with Gasteiger partial charge in [0.2, 0.25) is 0 Å². The number of carbonyl (C=O) groups excluding carboxylic acids is 1. The van der Waals surface area contributed by atoms with Crippen LogP contribution in [0.4, 0.5) is 0 Å².